The van der Waals surface area contributed by atoms with Crippen molar-refractivity contribution < 1.29 is 17.9 Å². The van der Waals surface area contributed by atoms with Crippen LogP contribution >= 0.6 is 0 Å². The number of aromatic nitrogens is 1. The van der Waals surface area contributed by atoms with Gasteiger partial charge in [-0.3, -0.25) is 0 Å². The Kier molecular flexibility index (Phi) is 2.93. The average Bonchev–Trinajstić information content (AvgIpc) is 2.42. The molecule has 0 saturated heterocycles. The van der Waals surface area contributed by atoms with Gasteiger partial charge in [-0.05, 0) is 13.8 Å². The zero-order chi connectivity index (χ0) is 11.6. The lowest BCUT2D eigenvalue weighted by Gasteiger charge is -2.08. The zero-order valence-electron chi connectivity index (χ0n) is 8.20. The maximum absolute atomic E-state index is 12.5. The number of rotatable bonds is 2. The molecule has 0 spiro atoms. The van der Waals surface area contributed by atoms with E-state index in [9.17, 15) is 13.2 Å². The molecule has 3 nitrogen and oxygen atoms in total. The largest absolute Gasteiger partial charge is 0.490 e. The highest BCUT2D eigenvalue weighted by molar-refractivity contribution is 5.51. The first-order valence-electron chi connectivity index (χ1n) is 4.24. The van der Waals surface area contributed by atoms with Gasteiger partial charge in [-0.25, -0.2) is 0 Å². The molecule has 0 bridgehead atoms. The van der Waals surface area contributed by atoms with E-state index in [-0.39, 0.29) is 17.9 Å². The van der Waals surface area contributed by atoms with Gasteiger partial charge in [0.1, 0.15) is 11.6 Å². The molecule has 82 valence electrons. The Hall–Kier alpha value is -1.64. The molecule has 15 heavy (non-hydrogen) atoms. The SMILES string of the molecule is CCOc1c(C(F)(F)F)[nH]c(C)c1C#N. The Balaban J connectivity index is 3.35. The van der Waals surface area contributed by atoms with Gasteiger partial charge in [0.05, 0.1) is 6.61 Å². The Bertz CT molecular complexity index is 401. The minimum atomic E-state index is -4.54. The Morgan fingerprint density at radius 1 is 1.47 bits per heavy atom. The number of nitrogens with zero attached hydrogens (tertiary/aromatic N) is 1. The summed E-state index contributed by atoms with van der Waals surface area (Å²) in [6.45, 7) is 3.04. The third kappa shape index (κ3) is 2.06. The maximum Gasteiger partial charge on any atom is 0.434 e. The van der Waals surface area contributed by atoms with Crippen molar-refractivity contribution in [2.45, 2.75) is 20.0 Å². The number of ether oxygens (including phenoxy) is 1. The van der Waals surface area contributed by atoms with Crippen LogP contribution < -0.4 is 4.74 Å². The molecule has 0 aliphatic rings. The number of hydrogen-bond donors (Lipinski definition) is 1. The van der Waals surface area contributed by atoms with Gasteiger partial charge in [-0.1, -0.05) is 0 Å². The first kappa shape index (κ1) is 11.4. The van der Waals surface area contributed by atoms with E-state index in [1.807, 2.05) is 0 Å². The molecule has 0 aliphatic carbocycles. The van der Waals surface area contributed by atoms with E-state index >= 15 is 0 Å². The van der Waals surface area contributed by atoms with E-state index in [4.69, 9.17) is 10.00 Å². The van der Waals surface area contributed by atoms with Gasteiger partial charge in [0, 0.05) is 5.69 Å². The zero-order valence-corrected chi connectivity index (χ0v) is 8.20. The highest BCUT2D eigenvalue weighted by atomic mass is 19.4. The average molecular weight is 218 g/mol. The smallest absolute Gasteiger partial charge is 0.434 e. The molecular weight excluding hydrogens is 209 g/mol. The minimum absolute atomic E-state index is 0.0784. The van der Waals surface area contributed by atoms with E-state index in [1.165, 1.54) is 6.92 Å². The lowest BCUT2D eigenvalue weighted by molar-refractivity contribution is -0.142. The number of halogens is 3. The molecule has 1 N–H and O–H groups in total. The first-order valence-corrected chi connectivity index (χ1v) is 4.24. The molecule has 1 aromatic heterocycles. The van der Waals surface area contributed by atoms with Crippen LogP contribution in [0.3, 0.4) is 0 Å². The van der Waals surface area contributed by atoms with E-state index in [2.05, 4.69) is 4.98 Å². The lowest BCUT2D eigenvalue weighted by Crippen LogP contribution is -2.08. The number of nitriles is 1. The molecule has 0 radical (unpaired) electrons. The molecule has 0 aromatic carbocycles. The van der Waals surface area contributed by atoms with Gasteiger partial charge in [0.15, 0.2) is 11.4 Å². The number of aromatic amines is 1. The van der Waals surface area contributed by atoms with Crippen LogP contribution in [0.1, 0.15) is 23.9 Å². The summed E-state index contributed by atoms with van der Waals surface area (Å²) in [5, 5.41) is 8.69. The predicted octanol–water partition coefficient (Wildman–Crippen LogP) is 2.61. The van der Waals surface area contributed by atoms with E-state index in [0.717, 1.165) is 0 Å². The van der Waals surface area contributed by atoms with Crippen molar-refractivity contribution in [3.05, 3.63) is 17.0 Å². The van der Waals surface area contributed by atoms with E-state index in [0.29, 0.717) is 0 Å². The first-order chi connectivity index (χ1) is 6.91. The number of aryl methyl sites for hydroxylation is 1. The fraction of sp³-hybridized carbons (Fsp3) is 0.444. The highest BCUT2D eigenvalue weighted by Crippen LogP contribution is 2.38. The second kappa shape index (κ2) is 3.85. The van der Waals surface area contributed by atoms with E-state index in [1.54, 1.807) is 13.0 Å². The number of H-pyrrole nitrogens is 1. The summed E-state index contributed by atoms with van der Waals surface area (Å²) in [5.41, 5.74) is -0.934. The van der Waals surface area contributed by atoms with Crippen molar-refractivity contribution in [3.63, 3.8) is 0 Å². The van der Waals surface area contributed by atoms with Crippen LogP contribution in [0, 0.1) is 18.3 Å². The van der Waals surface area contributed by atoms with Crippen LogP contribution in [-0.4, -0.2) is 11.6 Å². The topological polar surface area (TPSA) is 48.8 Å². The van der Waals surface area contributed by atoms with Crippen molar-refractivity contribution in [2.75, 3.05) is 6.61 Å². The normalized spacial score (nSPS) is 11.2. The van der Waals surface area contributed by atoms with Crippen LogP contribution in [-0.2, 0) is 6.18 Å². The van der Waals surface area contributed by atoms with Gasteiger partial charge in [0.2, 0.25) is 0 Å². The van der Waals surface area contributed by atoms with Gasteiger partial charge in [-0.2, -0.15) is 18.4 Å². The van der Waals surface area contributed by atoms with Crippen molar-refractivity contribution >= 4 is 0 Å². The monoisotopic (exact) mass is 218 g/mol. The Morgan fingerprint density at radius 3 is 2.47 bits per heavy atom. The van der Waals surface area contributed by atoms with Gasteiger partial charge < -0.3 is 9.72 Å². The van der Waals surface area contributed by atoms with Gasteiger partial charge in [0.25, 0.3) is 0 Å². The molecule has 0 saturated carbocycles. The second-order valence-corrected chi connectivity index (χ2v) is 2.87. The minimum Gasteiger partial charge on any atom is -0.490 e. The van der Waals surface area contributed by atoms with Crippen LogP contribution in [0.2, 0.25) is 0 Å². The number of nitrogens with one attached hydrogen (secondary N) is 1. The molecule has 0 fully saturated rings. The van der Waals surface area contributed by atoms with Crippen LogP contribution in [0.15, 0.2) is 0 Å². The van der Waals surface area contributed by atoms with Gasteiger partial charge in [-0.15, -0.1) is 0 Å². The molecule has 0 unspecified atom stereocenters. The Labute approximate surface area is 84.5 Å². The third-order valence-corrected chi connectivity index (χ3v) is 1.83. The van der Waals surface area contributed by atoms with Crippen molar-refractivity contribution in [3.8, 4) is 11.8 Å². The molecule has 1 rings (SSSR count). The van der Waals surface area contributed by atoms with Gasteiger partial charge >= 0.3 is 6.18 Å². The number of alkyl halides is 3. The Morgan fingerprint density at radius 2 is 2.07 bits per heavy atom. The summed E-state index contributed by atoms with van der Waals surface area (Å²) in [4.78, 5) is 2.12. The molecule has 0 atom stereocenters. The van der Waals surface area contributed by atoms with Crippen molar-refractivity contribution in [2.24, 2.45) is 0 Å². The van der Waals surface area contributed by atoms with Crippen LogP contribution in [0.5, 0.6) is 5.75 Å². The molecule has 1 aromatic rings. The fourth-order valence-electron chi connectivity index (χ4n) is 1.22. The predicted molar refractivity (Wildman–Crippen MR) is 46.4 cm³/mol. The molecule has 0 amide bonds. The second-order valence-electron chi connectivity index (χ2n) is 2.87. The van der Waals surface area contributed by atoms with E-state index < -0.39 is 17.6 Å². The molecule has 0 aliphatic heterocycles. The molecular formula is C9H9F3N2O. The maximum atomic E-state index is 12.5. The van der Waals surface area contributed by atoms with Crippen molar-refractivity contribution in [1.29, 1.82) is 5.26 Å². The third-order valence-electron chi connectivity index (χ3n) is 1.83. The summed E-state index contributed by atoms with van der Waals surface area (Å²) in [7, 11) is 0. The molecule has 1 heterocycles. The highest BCUT2D eigenvalue weighted by Gasteiger charge is 2.38. The van der Waals surface area contributed by atoms with Crippen molar-refractivity contribution in [1.82, 2.24) is 4.98 Å². The summed E-state index contributed by atoms with van der Waals surface area (Å²) in [6, 6.07) is 1.68. The van der Waals surface area contributed by atoms with Crippen LogP contribution in [0.25, 0.3) is 0 Å². The summed E-state index contributed by atoms with van der Waals surface area (Å²) in [6.07, 6.45) is -4.54. The number of hydrogen-bond acceptors (Lipinski definition) is 2. The summed E-state index contributed by atoms with van der Waals surface area (Å²) >= 11 is 0. The standard InChI is InChI=1S/C9H9F3N2O/c1-3-15-7-6(4-13)5(2)14-8(7)9(10,11)12/h14H,3H2,1-2H3. The lowest BCUT2D eigenvalue weighted by atomic mass is 10.2. The molecule has 6 heteroatoms. The summed E-state index contributed by atoms with van der Waals surface area (Å²) in [5.74, 6) is -0.412. The fourth-order valence-corrected chi connectivity index (χ4v) is 1.22. The van der Waals surface area contributed by atoms with Crippen LogP contribution in [0.4, 0.5) is 13.2 Å². The summed E-state index contributed by atoms with van der Waals surface area (Å²) < 4.78 is 42.3. The quantitative estimate of drug-likeness (QED) is 0.829.